The second kappa shape index (κ2) is 5.59. The highest BCUT2D eigenvalue weighted by Crippen LogP contribution is 2.31. The zero-order valence-electron chi connectivity index (χ0n) is 12.3. The van der Waals surface area contributed by atoms with Crippen LogP contribution >= 0.6 is 0 Å². The first kappa shape index (κ1) is 15.9. The van der Waals surface area contributed by atoms with Crippen molar-refractivity contribution in [2.75, 3.05) is 0 Å². The first-order valence-electron chi connectivity index (χ1n) is 6.89. The molecule has 0 atom stereocenters. The summed E-state index contributed by atoms with van der Waals surface area (Å²) < 4.78 is 42.9. The summed E-state index contributed by atoms with van der Waals surface area (Å²) in [7, 11) is 0. The summed E-state index contributed by atoms with van der Waals surface area (Å²) in [6.07, 6.45) is -3.45. The molecule has 0 bridgehead atoms. The Morgan fingerprint density at radius 2 is 1.67 bits per heavy atom. The van der Waals surface area contributed by atoms with Gasteiger partial charge in [-0.3, -0.25) is 9.59 Å². The first-order chi connectivity index (χ1) is 11.3. The van der Waals surface area contributed by atoms with Crippen LogP contribution in [0.2, 0.25) is 0 Å². The molecule has 0 unspecified atom stereocenters. The molecule has 1 aromatic heterocycles. The fraction of sp³-hybridized carbons (Fsp3) is 0.118. The molecule has 1 aliphatic rings. The quantitative estimate of drug-likeness (QED) is 0.840. The van der Waals surface area contributed by atoms with Crippen molar-refractivity contribution in [3.63, 3.8) is 0 Å². The van der Waals surface area contributed by atoms with E-state index >= 15 is 0 Å². The van der Waals surface area contributed by atoms with Crippen molar-refractivity contribution in [2.24, 2.45) is 0 Å². The Balaban J connectivity index is 1.88. The normalized spacial score (nSPS) is 14.2. The van der Waals surface area contributed by atoms with E-state index in [1.165, 1.54) is 6.07 Å². The highest BCUT2D eigenvalue weighted by Gasteiger charge is 2.31. The Kier molecular flexibility index (Phi) is 3.71. The molecule has 122 valence electrons. The maximum atomic E-state index is 12.5. The number of carbonyl (C=O) groups is 2. The van der Waals surface area contributed by atoms with E-state index in [0.717, 1.165) is 30.3 Å². The van der Waals surface area contributed by atoms with E-state index in [2.05, 4.69) is 4.98 Å². The van der Waals surface area contributed by atoms with Crippen LogP contribution in [0.25, 0.3) is 0 Å². The molecule has 4 nitrogen and oxygen atoms in total. The number of fused-ring (bicyclic) bond motifs is 1. The Hall–Kier alpha value is -2.96. The number of halogens is 3. The number of aryl methyl sites for hydroxylation is 1. The summed E-state index contributed by atoms with van der Waals surface area (Å²) in [6.45, 7) is 1.67. The van der Waals surface area contributed by atoms with Gasteiger partial charge in [-0.25, -0.2) is 4.98 Å². The molecule has 1 aliphatic carbocycles. The third-order valence-electron chi connectivity index (χ3n) is 3.41. The summed E-state index contributed by atoms with van der Waals surface area (Å²) in [5.41, 5.74) is -0.127. The maximum absolute atomic E-state index is 12.5. The lowest BCUT2D eigenvalue weighted by molar-refractivity contribution is -0.137. The number of ether oxygens (including phenoxy) is 1. The Labute approximate surface area is 134 Å². The molecular weight excluding hydrogens is 323 g/mol. The molecule has 0 radical (unpaired) electrons. The van der Waals surface area contributed by atoms with E-state index in [0.29, 0.717) is 5.69 Å². The van der Waals surface area contributed by atoms with Crippen LogP contribution in [-0.2, 0) is 6.18 Å². The lowest BCUT2D eigenvalue weighted by Gasteiger charge is -2.15. The van der Waals surface area contributed by atoms with Crippen LogP contribution in [0, 0.1) is 6.92 Å². The lowest BCUT2D eigenvalue weighted by atomic mass is 9.98. The minimum Gasteiger partial charge on any atom is -0.453 e. The zero-order valence-corrected chi connectivity index (χ0v) is 12.3. The Morgan fingerprint density at radius 1 is 1.00 bits per heavy atom. The minimum atomic E-state index is -4.46. The van der Waals surface area contributed by atoms with Crippen LogP contribution in [-0.4, -0.2) is 16.6 Å². The fourth-order valence-corrected chi connectivity index (χ4v) is 2.22. The number of Topliss-reactive ketones (excluding diaryl/α,β-unsaturated/α-hetero) is 1. The lowest BCUT2D eigenvalue weighted by Crippen LogP contribution is -2.22. The fourth-order valence-electron chi connectivity index (χ4n) is 2.22. The summed E-state index contributed by atoms with van der Waals surface area (Å²) >= 11 is 0. The van der Waals surface area contributed by atoms with Crippen molar-refractivity contribution in [3.05, 3.63) is 70.7 Å². The topological polar surface area (TPSA) is 56.3 Å². The SMILES string of the molecule is Cc1ccc2c(n1)C(=O)C(Oc1ccc(C(F)(F)F)cc1)=CC2=O. The highest BCUT2D eigenvalue weighted by molar-refractivity contribution is 6.22. The number of alkyl halides is 3. The molecule has 1 aromatic carbocycles. The average Bonchev–Trinajstić information content (AvgIpc) is 2.52. The van der Waals surface area contributed by atoms with Gasteiger partial charge in [0.25, 0.3) is 0 Å². The standard InChI is InChI=1S/C17H10F3NO3/c1-9-2-7-12-13(22)8-14(16(23)15(12)21-9)24-11-5-3-10(4-6-11)17(18,19)20/h2-8H,1H3. The van der Waals surface area contributed by atoms with Gasteiger partial charge >= 0.3 is 6.18 Å². The van der Waals surface area contributed by atoms with Crippen molar-refractivity contribution in [3.8, 4) is 5.75 Å². The molecular formula is C17H10F3NO3. The summed E-state index contributed by atoms with van der Waals surface area (Å²) in [5.74, 6) is -1.29. The smallest absolute Gasteiger partial charge is 0.416 e. The van der Waals surface area contributed by atoms with Gasteiger partial charge in [-0.05, 0) is 43.3 Å². The predicted molar refractivity (Wildman–Crippen MR) is 77.8 cm³/mol. The van der Waals surface area contributed by atoms with Gasteiger partial charge in [-0.2, -0.15) is 13.2 Å². The molecule has 0 saturated heterocycles. The molecule has 0 aliphatic heterocycles. The number of nitrogens with zero attached hydrogens (tertiary/aromatic N) is 1. The zero-order chi connectivity index (χ0) is 17.5. The molecule has 1 heterocycles. The summed E-state index contributed by atoms with van der Waals surface area (Å²) in [5, 5.41) is 0. The number of rotatable bonds is 2. The second-order valence-electron chi connectivity index (χ2n) is 5.17. The molecule has 7 heteroatoms. The molecule has 24 heavy (non-hydrogen) atoms. The van der Waals surface area contributed by atoms with E-state index < -0.39 is 23.3 Å². The van der Waals surface area contributed by atoms with Gasteiger partial charge in [0.15, 0.2) is 11.5 Å². The van der Waals surface area contributed by atoms with E-state index in [1.807, 2.05) is 0 Å². The maximum Gasteiger partial charge on any atom is 0.416 e. The highest BCUT2D eigenvalue weighted by atomic mass is 19.4. The molecule has 0 amide bonds. The van der Waals surface area contributed by atoms with Crippen molar-refractivity contribution in [2.45, 2.75) is 13.1 Å². The van der Waals surface area contributed by atoms with E-state index in [4.69, 9.17) is 4.74 Å². The first-order valence-corrected chi connectivity index (χ1v) is 6.89. The monoisotopic (exact) mass is 333 g/mol. The molecule has 2 aromatic rings. The van der Waals surface area contributed by atoms with Crippen LogP contribution < -0.4 is 4.74 Å². The van der Waals surface area contributed by atoms with Gasteiger partial charge in [0.2, 0.25) is 5.78 Å². The van der Waals surface area contributed by atoms with Crippen molar-refractivity contribution >= 4 is 11.6 Å². The van der Waals surface area contributed by atoms with Crippen molar-refractivity contribution < 1.29 is 27.5 Å². The Morgan fingerprint density at radius 3 is 2.29 bits per heavy atom. The van der Waals surface area contributed by atoms with Crippen LogP contribution in [0.1, 0.15) is 32.1 Å². The van der Waals surface area contributed by atoms with E-state index in [-0.39, 0.29) is 22.8 Å². The number of pyridine rings is 1. The van der Waals surface area contributed by atoms with Gasteiger partial charge < -0.3 is 4.74 Å². The van der Waals surface area contributed by atoms with Crippen LogP contribution in [0.15, 0.2) is 48.2 Å². The van der Waals surface area contributed by atoms with Gasteiger partial charge in [0, 0.05) is 11.8 Å². The number of allylic oxidation sites excluding steroid dienone is 2. The van der Waals surface area contributed by atoms with E-state index in [1.54, 1.807) is 13.0 Å². The van der Waals surface area contributed by atoms with E-state index in [9.17, 15) is 22.8 Å². The molecule has 0 saturated carbocycles. The minimum absolute atomic E-state index is 0.0199. The van der Waals surface area contributed by atoms with Crippen LogP contribution in [0.3, 0.4) is 0 Å². The van der Waals surface area contributed by atoms with Crippen LogP contribution in [0.5, 0.6) is 5.75 Å². The van der Waals surface area contributed by atoms with Gasteiger partial charge in [-0.1, -0.05) is 0 Å². The van der Waals surface area contributed by atoms with Gasteiger partial charge in [0.1, 0.15) is 11.4 Å². The third kappa shape index (κ3) is 2.92. The third-order valence-corrected chi connectivity index (χ3v) is 3.41. The molecule has 3 rings (SSSR count). The molecule has 0 N–H and O–H groups in total. The molecule has 0 spiro atoms. The van der Waals surface area contributed by atoms with Crippen LogP contribution in [0.4, 0.5) is 13.2 Å². The number of carbonyl (C=O) groups excluding carboxylic acids is 2. The number of benzene rings is 1. The summed E-state index contributed by atoms with van der Waals surface area (Å²) in [4.78, 5) is 28.4. The number of hydrogen-bond donors (Lipinski definition) is 0. The predicted octanol–water partition coefficient (Wildman–Crippen LogP) is 3.75. The summed E-state index contributed by atoms with van der Waals surface area (Å²) in [6, 6.07) is 6.95. The molecule has 0 fully saturated rings. The van der Waals surface area contributed by atoms with Gasteiger partial charge in [-0.15, -0.1) is 0 Å². The van der Waals surface area contributed by atoms with Crippen molar-refractivity contribution in [1.29, 1.82) is 0 Å². The van der Waals surface area contributed by atoms with Crippen molar-refractivity contribution in [1.82, 2.24) is 4.98 Å². The van der Waals surface area contributed by atoms with Gasteiger partial charge in [0.05, 0.1) is 11.1 Å². The average molecular weight is 333 g/mol. The number of aromatic nitrogens is 1. The number of hydrogen-bond acceptors (Lipinski definition) is 4. The largest absolute Gasteiger partial charge is 0.453 e. The number of ketones is 2. The second-order valence-corrected chi connectivity index (χ2v) is 5.17. The Bertz CT molecular complexity index is 868.